The van der Waals surface area contributed by atoms with Crippen LogP contribution in [-0.2, 0) is 21.8 Å². The highest BCUT2D eigenvalue weighted by Gasteiger charge is 2.27. The molecular formula is C23H22N4O5S. The van der Waals surface area contributed by atoms with Crippen molar-refractivity contribution >= 4 is 43.4 Å². The first-order valence-electron chi connectivity index (χ1n) is 10.4. The van der Waals surface area contributed by atoms with E-state index in [2.05, 4.69) is 10.3 Å². The third-order valence-corrected chi connectivity index (χ3v) is 7.74. The van der Waals surface area contributed by atoms with Crippen LogP contribution in [0.25, 0.3) is 21.8 Å². The molecule has 0 saturated carbocycles. The summed E-state index contributed by atoms with van der Waals surface area (Å²) < 4.78 is 34.8. The van der Waals surface area contributed by atoms with Crippen LogP contribution in [0.3, 0.4) is 0 Å². The Morgan fingerprint density at radius 1 is 1.06 bits per heavy atom. The number of hydrogen-bond donors (Lipinski definition) is 2. The highest BCUT2D eigenvalue weighted by atomic mass is 32.2. The van der Waals surface area contributed by atoms with E-state index < -0.39 is 21.5 Å². The number of hydrogen-bond acceptors (Lipinski definition) is 5. The van der Waals surface area contributed by atoms with Gasteiger partial charge in [-0.25, -0.2) is 8.42 Å². The molecule has 4 aromatic rings. The second-order valence-corrected chi connectivity index (χ2v) is 9.83. The zero-order valence-corrected chi connectivity index (χ0v) is 18.7. The summed E-state index contributed by atoms with van der Waals surface area (Å²) in [7, 11) is -1.85. The number of aromatic amines is 1. The summed E-state index contributed by atoms with van der Waals surface area (Å²) in [6, 6.07) is 13.0. The molecule has 1 saturated heterocycles. The van der Waals surface area contributed by atoms with Crippen LogP contribution in [0.5, 0.6) is 0 Å². The molecular weight excluding hydrogens is 444 g/mol. The first kappa shape index (κ1) is 21.4. The van der Waals surface area contributed by atoms with E-state index in [0.717, 1.165) is 10.9 Å². The molecule has 2 aromatic carbocycles. The van der Waals surface area contributed by atoms with E-state index in [-0.39, 0.29) is 23.5 Å². The Morgan fingerprint density at radius 3 is 2.64 bits per heavy atom. The van der Waals surface area contributed by atoms with Crippen molar-refractivity contribution in [2.24, 2.45) is 7.05 Å². The fourth-order valence-corrected chi connectivity index (χ4v) is 5.55. The predicted molar refractivity (Wildman–Crippen MR) is 125 cm³/mol. The largest absolute Gasteiger partial charge is 0.379 e. The lowest BCUT2D eigenvalue weighted by molar-refractivity contribution is 0.0730. The van der Waals surface area contributed by atoms with Crippen LogP contribution in [0.4, 0.5) is 5.69 Å². The summed E-state index contributed by atoms with van der Waals surface area (Å²) in [6.45, 7) is 1.19. The molecule has 1 aliphatic rings. The van der Waals surface area contributed by atoms with Gasteiger partial charge in [-0.2, -0.15) is 4.31 Å². The summed E-state index contributed by atoms with van der Waals surface area (Å²) in [4.78, 5) is 28.2. The van der Waals surface area contributed by atoms with Gasteiger partial charge in [0.05, 0.1) is 29.4 Å². The molecule has 1 amide bonds. The normalized spacial score (nSPS) is 15.2. The number of anilines is 1. The van der Waals surface area contributed by atoms with E-state index in [1.807, 2.05) is 36.0 Å². The van der Waals surface area contributed by atoms with Crippen molar-refractivity contribution < 1.29 is 17.9 Å². The van der Waals surface area contributed by atoms with Gasteiger partial charge in [0.15, 0.2) is 0 Å². The topological polar surface area (TPSA) is 114 Å². The van der Waals surface area contributed by atoms with Gasteiger partial charge < -0.3 is 19.6 Å². The number of nitrogens with one attached hydrogen (secondary N) is 2. The molecule has 0 atom stereocenters. The molecule has 3 heterocycles. The number of aromatic nitrogens is 2. The van der Waals surface area contributed by atoms with E-state index in [1.165, 1.54) is 28.6 Å². The van der Waals surface area contributed by atoms with E-state index in [0.29, 0.717) is 29.8 Å². The van der Waals surface area contributed by atoms with Crippen molar-refractivity contribution in [3.8, 4) is 0 Å². The Labute approximate surface area is 189 Å². The van der Waals surface area contributed by atoms with Gasteiger partial charge in [0, 0.05) is 54.2 Å². The molecule has 0 spiro atoms. The minimum absolute atomic E-state index is 0.0585. The number of amides is 1. The number of benzene rings is 2. The zero-order chi connectivity index (χ0) is 23.2. The molecule has 1 fully saturated rings. The predicted octanol–water partition coefficient (Wildman–Crippen LogP) is 2.29. The number of rotatable bonds is 4. The average molecular weight is 467 g/mol. The van der Waals surface area contributed by atoms with E-state index in [4.69, 9.17) is 4.74 Å². The molecule has 10 heteroatoms. The van der Waals surface area contributed by atoms with Gasteiger partial charge in [-0.15, -0.1) is 0 Å². The molecule has 1 aliphatic heterocycles. The first-order valence-corrected chi connectivity index (χ1v) is 11.9. The minimum atomic E-state index is -3.76. The summed E-state index contributed by atoms with van der Waals surface area (Å²) in [5.41, 5.74) is 1.58. The van der Waals surface area contributed by atoms with Crippen LogP contribution in [0.15, 0.2) is 64.4 Å². The maximum Gasteiger partial charge on any atom is 0.256 e. The molecule has 0 aliphatic carbocycles. The monoisotopic (exact) mass is 466 g/mol. The van der Waals surface area contributed by atoms with Crippen LogP contribution in [-0.4, -0.2) is 54.5 Å². The van der Waals surface area contributed by atoms with Crippen LogP contribution in [0.2, 0.25) is 0 Å². The molecule has 0 radical (unpaired) electrons. The quantitative estimate of drug-likeness (QED) is 0.479. The first-order chi connectivity index (χ1) is 15.8. The molecule has 5 rings (SSSR count). The standard InChI is InChI=1S/C23H22N4O5S/c1-26-8-7-16-19(3-2-4-21(16)26)25-23(29)18-14-22(28)24-20-6-5-15(13-17(18)20)33(30,31)27-9-11-32-12-10-27/h2-8,13-14H,9-12H2,1H3,(H,24,28)(H,25,29). The third-order valence-electron chi connectivity index (χ3n) is 5.84. The van der Waals surface area contributed by atoms with Gasteiger partial charge in [0.25, 0.3) is 5.91 Å². The Bertz CT molecular complexity index is 1550. The highest BCUT2D eigenvalue weighted by Crippen LogP contribution is 2.27. The lowest BCUT2D eigenvalue weighted by atomic mass is 10.1. The Balaban J connectivity index is 1.57. The number of pyridine rings is 1. The maximum absolute atomic E-state index is 13.2. The molecule has 0 unspecified atom stereocenters. The van der Waals surface area contributed by atoms with Gasteiger partial charge in [-0.3, -0.25) is 9.59 Å². The highest BCUT2D eigenvalue weighted by molar-refractivity contribution is 7.89. The molecule has 33 heavy (non-hydrogen) atoms. The van der Waals surface area contributed by atoms with E-state index in [9.17, 15) is 18.0 Å². The van der Waals surface area contributed by atoms with Gasteiger partial charge in [-0.1, -0.05) is 6.07 Å². The number of morpholine rings is 1. The molecule has 170 valence electrons. The number of H-pyrrole nitrogens is 1. The Hall–Kier alpha value is -3.47. The zero-order valence-electron chi connectivity index (χ0n) is 17.9. The summed E-state index contributed by atoms with van der Waals surface area (Å²) in [5, 5.41) is 4.08. The fraction of sp³-hybridized carbons (Fsp3) is 0.217. The number of sulfonamides is 1. The van der Waals surface area contributed by atoms with Crippen LogP contribution in [0, 0.1) is 0 Å². The lowest BCUT2D eigenvalue weighted by Gasteiger charge is -2.26. The molecule has 2 aromatic heterocycles. The number of carbonyl (C=O) groups excluding carboxylic acids is 1. The van der Waals surface area contributed by atoms with Crippen molar-refractivity contribution in [2.45, 2.75) is 4.90 Å². The summed E-state index contributed by atoms with van der Waals surface area (Å²) in [6.07, 6.45) is 1.89. The smallest absolute Gasteiger partial charge is 0.256 e. The van der Waals surface area contributed by atoms with Gasteiger partial charge >= 0.3 is 0 Å². The fourth-order valence-electron chi connectivity index (χ4n) is 4.12. The Morgan fingerprint density at radius 2 is 1.85 bits per heavy atom. The molecule has 0 bridgehead atoms. The number of carbonyl (C=O) groups is 1. The maximum atomic E-state index is 13.2. The second-order valence-electron chi connectivity index (χ2n) is 7.89. The van der Waals surface area contributed by atoms with Gasteiger partial charge in [0.2, 0.25) is 15.6 Å². The van der Waals surface area contributed by atoms with Crippen molar-refractivity contribution in [1.82, 2.24) is 13.9 Å². The van der Waals surface area contributed by atoms with Crippen LogP contribution in [0.1, 0.15) is 10.4 Å². The van der Waals surface area contributed by atoms with Crippen molar-refractivity contribution in [2.75, 3.05) is 31.6 Å². The van der Waals surface area contributed by atoms with E-state index >= 15 is 0 Å². The number of ether oxygens (including phenoxy) is 1. The molecule has 9 nitrogen and oxygen atoms in total. The number of aryl methyl sites for hydroxylation is 1. The van der Waals surface area contributed by atoms with E-state index in [1.54, 1.807) is 6.07 Å². The van der Waals surface area contributed by atoms with Gasteiger partial charge in [0.1, 0.15) is 0 Å². The van der Waals surface area contributed by atoms with Gasteiger partial charge in [-0.05, 0) is 36.4 Å². The third kappa shape index (κ3) is 3.82. The Kier molecular flexibility index (Phi) is 5.28. The van der Waals surface area contributed by atoms with Crippen LogP contribution >= 0.6 is 0 Å². The average Bonchev–Trinajstić information content (AvgIpc) is 3.20. The molecule has 2 N–H and O–H groups in total. The lowest BCUT2D eigenvalue weighted by Crippen LogP contribution is -2.40. The second kappa shape index (κ2) is 8.14. The minimum Gasteiger partial charge on any atom is -0.379 e. The number of fused-ring (bicyclic) bond motifs is 2. The van der Waals surface area contributed by atoms with Crippen LogP contribution < -0.4 is 10.9 Å². The summed E-state index contributed by atoms with van der Waals surface area (Å²) >= 11 is 0. The van der Waals surface area contributed by atoms with Crippen molar-refractivity contribution in [3.63, 3.8) is 0 Å². The SMILES string of the molecule is Cn1ccc2c(NC(=O)c3cc(=O)[nH]c4ccc(S(=O)(=O)N5CCOCC5)cc34)cccc21. The number of nitrogens with zero attached hydrogens (tertiary/aromatic N) is 2. The van der Waals surface area contributed by atoms with Crippen molar-refractivity contribution in [3.05, 3.63) is 70.6 Å². The van der Waals surface area contributed by atoms with Crippen molar-refractivity contribution in [1.29, 1.82) is 0 Å². The summed E-state index contributed by atoms with van der Waals surface area (Å²) in [5.74, 6) is -0.497.